The average Bonchev–Trinajstić information content (AvgIpc) is 3.11. The van der Waals surface area contributed by atoms with Crippen molar-refractivity contribution in [1.29, 1.82) is 0 Å². The van der Waals surface area contributed by atoms with Crippen LogP contribution in [0.3, 0.4) is 0 Å². The standard InChI is InChI=1S/C21H30N2O6S/c1-14-7-8-18(10-15(14)2)30(27,28)23-12-17(24)11-19(23)21(26)29-13-20(25)22-9-5-4-6-16(22)3/h7-8,10,16-17,19,24H,4-6,9,11-13H2,1-3H3/t16?,17?,19-/m0/s1. The molecule has 1 N–H and O–H groups in total. The molecule has 2 aliphatic rings. The van der Waals surface area contributed by atoms with Crippen molar-refractivity contribution in [2.24, 2.45) is 0 Å². The number of likely N-dealkylation sites (tertiary alicyclic amines) is 1. The third-order valence-corrected chi connectivity index (χ3v) is 7.92. The number of benzene rings is 1. The summed E-state index contributed by atoms with van der Waals surface area (Å²) in [5.74, 6) is -1.09. The lowest BCUT2D eigenvalue weighted by Gasteiger charge is -2.33. The molecule has 0 aromatic heterocycles. The monoisotopic (exact) mass is 438 g/mol. The molecule has 2 fully saturated rings. The Balaban J connectivity index is 1.71. The molecule has 2 heterocycles. The van der Waals surface area contributed by atoms with Crippen molar-refractivity contribution >= 4 is 21.9 Å². The fraction of sp³-hybridized carbons (Fsp3) is 0.619. The van der Waals surface area contributed by atoms with Gasteiger partial charge in [0.15, 0.2) is 6.61 Å². The molecule has 0 bridgehead atoms. The van der Waals surface area contributed by atoms with Crippen LogP contribution in [0, 0.1) is 13.8 Å². The van der Waals surface area contributed by atoms with Gasteiger partial charge in [-0.1, -0.05) is 6.07 Å². The summed E-state index contributed by atoms with van der Waals surface area (Å²) >= 11 is 0. The first-order valence-electron chi connectivity index (χ1n) is 10.3. The minimum absolute atomic E-state index is 0.0583. The van der Waals surface area contributed by atoms with E-state index in [4.69, 9.17) is 4.74 Å². The number of sulfonamides is 1. The van der Waals surface area contributed by atoms with E-state index >= 15 is 0 Å². The summed E-state index contributed by atoms with van der Waals surface area (Å²) in [6.45, 7) is 5.67. The molecule has 3 rings (SSSR count). The maximum atomic E-state index is 13.1. The molecule has 30 heavy (non-hydrogen) atoms. The van der Waals surface area contributed by atoms with E-state index in [1.54, 1.807) is 17.0 Å². The first kappa shape index (κ1) is 22.7. The highest BCUT2D eigenvalue weighted by atomic mass is 32.2. The van der Waals surface area contributed by atoms with E-state index in [0.717, 1.165) is 34.7 Å². The quantitative estimate of drug-likeness (QED) is 0.697. The zero-order valence-corrected chi connectivity index (χ0v) is 18.5. The molecule has 9 heteroatoms. The highest BCUT2D eigenvalue weighted by molar-refractivity contribution is 7.89. The molecule has 0 aliphatic carbocycles. The maximum absolute atomic E-state index is 13.1. The van der Waals surface area contributed by atoms with Crippen LogP contribution >= 0.6 is 0 Å². The third-order valence-electron chi connectivity index (χ3n) is 6.05. The number of piperidine rings is 1. The molecule has 3 atom stereocenters. The third kappa shape index (κ3) is 4.68. The van der Waals surface area contributed by atoms with Crippen molar-refractivity contribution < 1.29 is 27.9 Å². The maximum Gasteiger partial charge on any atom is 0.325 e. The first-order chi connectivity index (χ1) is 14.1. The lowest BCUT2D eigenvalue weighted by Crippen LogP contribution is -2.46. The van der Waals surface area contributed by atoms with Gasteiger partial charge in [0.1, 0.15) is 6.04 Å². The van der Waals surface area contributed by atoms with Crippen LogP contribution in [0.15, 0.2) is 23.1 Å². The van der Waals surface area contributed by atoms with E-state index in [9.17, 15) is 23.1 Å². The lowest BCUT2D eigenvalue weighted by atomic mass is 10.0. The number of aryl methyl sites for hydroxylation is 2. The molecule has 1 aromatic rings. The Hall–Kier alpha value is -1.97. The summed E-state index contributed by atoms with van der Waals surface area (Å²) in [4.78, 5) is 26.9. The van der Waals surface area contributed by atoms with E-state index in [0.29, 0.717) is 6.54 Å². The first-order valence-corrected chi connectivity index (χ1v) is 11.8. The van der Waals surface area contributed by atoms with Gasteiger partial charge in [-0.3, -0.25) is 9.59 Å². The highest BCUT2D eigenvalue weighted by Crippen LogP contribution is 2.28. The van der Waals surface area contributed by atoms with Gasteiger partial charge in [-0.2, -0.15) is 4.31 Å². The average molecular weight is 439 g/mol. The van der Waals surface area contributed by atoms with Crippen LogP contribution in [-0.4, -0.2) is 72.5 Å². The van der Waals surface area contributed by atoms with Crippen molar-refractivity contribution in [3.8, 4) is 0 Å². The SMILES string of the molecule is Cc1ccc(S(=O)(=O)N2CC(O)C[C@H]2C(=O)OCC(=O)N2CCCCC2C)cc1C. The van der Waals surface area contributed by atoms with Gasteiger partial charge < -0.3 is 14.7 Å². The molecule has 1 aromatic carbocycles. The van der Waals surface area contributed by atoms with E-state index in [1.165, 1.54) is 6.07 Å². The van der Waals surface area contributed by atoms with Crippen molar-refractivity contribution in [2.75, 3.05) is 19.7 Å². The number of amides is 1. The number of carbonyl (C=O) groups is 2. The minimum Gasteiger partial charge on any atom is -0.454 e. The van der Waals surface area contributed by atoms with Gasteiger partial charge in [0.25, 0.3) is 5.91 Å². The van der Waals surface area contributed by atoms with Crippen LogP contribution in [0.2, 0.25) is 0 Å². The molecule has 0 spiro atoms. The molecule has 2 saturated heterocycles. The lowest BCUT2D eigenvalue weighted by molar-refractivity contribution is -0.156. The van der Waals surface area contributed by atoms with Crippen molar-refractivity contribution in [3.05, 3.63) is 29.3 Å². The number of ether oxygens (including phenoxy) is 1. The van der Waals surface area contributed by atoms with Crippen LogP contribution in [0.25, 0.3) is 0 Å². The molecule has 1 amide bonds. The van der Waals surface area contributed by atoms with Crippen LogP contribution in [0.1, 0.15) is 43.7 Å². The normalized spacial score (nSPS) is 25.3. The number of hydrogen-bond acceptors (Lipinski definition) is 6. The second kappa shape index (κ2) is 9.03. The molecule has 2 aliphatic heterocycles. The fourth-order valence-corrected chi connectivity index (χ4v) is 5.77. The molecule has 2 unspecified atom stereocenters. The van der Waals surface area contributed by atoms with Gasteiger partial charge >= 0.3 is 5.97 Å². The number of aliphatic hydroxyl groups excluding tert-OH is 1. The molecular weight excluding hydrogens is 408 g/mol. The Morgan fingerprint density at radius 2 is 1.93 bits per heavy atom. The summed E-state index contributed by atoms with van der Waals surface area (Å²) in [6, 6.07) is 3.70. The predicted molar refractivity (Wildman–Crippen MR) is 110 cm³/mol. The fourth-order valence-electron chi connectivity index (χ4n) is 4.05. The summed E-state index contributed by atoms with van der Waals surface area (Å²) in [5, 5.41) is 10.1. The van der Waals surface area contributed by atoms with Gasteiger partial charge in [-0.25, -0.2) is 8.42 Å². The number of nitrogens with zero attached hydrogens (tertiary/aromatic N) is 2. The number of carbonyl (C=O) groups excluding carboxylic acids is 2. The largest absolute Gasteiger partial charge is 0.454 e. The summed E-state index contributed by atoms with van der Waals surface area (Å²) in [5.41, 5.74) is 1.77. The van der Waals surface area contributed by atoms with Crippen molar-refractivity contribution in [2.45, 2.75) is 69.5 Å². The van der Waals surface area contributed by atoms with Gasteiger partial charge in [0.2, 0.25) is 10.0 Å². The van der Waals surface area contributed by atoms with Gasteiger partial charge in [-0.05, 0) is 63.3 Å². The van der Waals surface area contributed by atoms with E-state index < -0.39 is 34.7 Å². The van der Waals surface area contributed by atoms with E-state index in [2.05, 4.69) is 0 Å². The number of β-amino-alcohol motifs (C(OH)–C–C–N with tert-alkyl or cyclic N) is 1. The van der Waals surface area contributed by atoms with Crippen molar-refractivity contribution in [3.63, 3.8) is 0 Å². The molecule has 166 valence electrons. The van der Waals surface area contributed by atoms with Crippen LogP contribution in [-0.2, 0) is 24.3 Å². The Bertz CT molecular complexity index is 916. The van der Waals surface area contributed by atoms with Gasteiger partial charge in [0, 0.05) is 25.6 Å². The van der Waals surface area contributed by atoms with Crippen LogP contribution < -0.4 is 0 Å². The predicted octanol–water partition coefficient (Wildman–Crippen LogP) is 1.37. The number of aliphatic hydroxyl groups is 1. The summed E-state index contributed by atoms with van der Waals surface area (Å²) in [7, 11) is -4.00. The number of esters is 1. The van der Waals surface area contributed by atoms with Gasteiger partial charge in [-0.15, -0.1) is 0 Å². The molecule has 8 nitrogen and oxygen atoms in total. The molecule has 0 radical (unpaired) electrons. The van der Waals surface area contributed by atoms with Crippen molar-refractivity contribution in [1.82, 2.24) is 9.21 Å². The topological polar surface area (TPSA) is 104 Å². The molecular formula is C21H30N2O6S. The second-order valence-electron chi connectivity index (χ2n) is 8.27. The molecule has 0 saturated carbocycles. The summed E-state index contributed by atoms with van der Waals surface area (Å²) in [6.07, 6.45) is 1.87. The number of hydrogen-bond donors (Lipinski definition) is 1. The Kier molecular flexibility index (Phi) is 6.84. The minimum atomic E-state index is -4.00. The number of rotatable bonds is 5. The zero-order chi connectivity index (χ0) is 22.1. The Morgan fingerprint density at radius 1 is 1.20 bits per heavy atom. The van der Waals surface area contributed by atoms with Gasteiger partial charge in [0.05, 0.1) is 11.0 Å². The van der Waals surface area contributed by atoms with E-state index in [-0.39, 0.29) is 29.8 Å². The van der Waals surface area contributed by atoms with Crippen LogP contribution in [0.4, 0.5) is 0 Å². The smallest absolute Gasteiger partial charge is 0.325 e. The zero-order valence-electron chi connectivity index (χ0n) is 17.7. The highest BCUT2D eigenvalue weighted by Gasteiger charge is 2.44. The Morgan fingerprint density at radius 3 is 2.60 bits per heavy atom. The summed E-state index contributed by atoms with van der Waals surface area (Å²) < 4.78 is 32.4. The van der Waals surface area contributed by atoms with Crippen LogP contribution in [0.5, 0.6) is 0 Å². The van der Waals surface area contributed by atoms with E-state index in [1.807, 2.05) is 20.8 Å². The second-order valence-corrected chi connectivity index (χ2v) is 10.2. The Labute approximate surface area is 177 Å².